The van der Waals surface area contributed by atoms with Crippen LogP contribution in [-0.2, 0) is 4.74 Å². The van der Waals surface area contributed by atoms with E-state index in [0.29, 0.717) is 0 Å². The van der Waals surface area contributed by atoms with E-state index < -0.39 is 94.0 Å². The van der Waals surface area contributed by atoms with E-state index in [0.717, 1.165) is 18.2 Å². The molecule has 182 valence electrons. The van der Waals surface area contributed by atoms with Gasteiger partial charge in [-0.25, -0.2) is 0 Å². The van der Waals surface area contributed by atoms with Crippen LogP contribution < -0.4 is 10.2 Å². The second-order valence-electron chi connectivity index (χ2n) is 7.61. The van der Waals surface area contributed by atoms with Crippen LogP contribution in [0.4, 0.5) is 0 Å². The summed E-state index contributed by atoms with van der Waals surface area (Å²) in [5, 5.41) is 88.6. The van der Waals surface area contributed by atoms with Gasteiger partial charge in [-0.1, -0.05) is 0 Å². The first kappa shape index (κ1) is 23.4. The number of aromatic hydroxyl groups is 5. The average Bonchev–Trinajstić information content (AvgIpc) is 2.79. The summed E-state index contributed by atoms with van der Waals surface area (Å²) in [7, 11) is 0. The number of hydrogen-bond donors (Lipinski definition) is 9. The number of fused-ring (bicyclic) bond motifs is 1. The highest BCUT2D eigenvalue weighted by atomic mass is 16.6. The molecule has 13 nitrogen and oxygen atoms in total. The maximum atomic E-state index is 12.8. The summed E-state index contributed by atoms with van der Waals surface area (Å²) in [6.45, 7) is -0.630. The molecule has 3 aromatic rings. The van der Waals surface area contributed by atoms with Crippen LogP contribution in [0.2, 0.25) is 0 Å². The zero-order chi connectivity index (χ0) is 24.9. The normalized spacial score (nSPS) is 24.9. The first-order valence-corrected chi connectivity index (χ1v) is 9.78. The number of phenols is 4. The Morgan fingerprint density at radius 2 is 1.53 bits per heavy atom. The van der Waals surface area contributed by atoms with Gasteiger partial charge in [-0.3, -0.25) is 4.79 Å². The summed E-state index contributed by atoms with van der Waals surface area (Å²) >= 11 is 0. The first-order valence-electron chi connectivity index (χ1n) is 9.78. The molecule has 2 aromatic carbocycles. The van der Waals surface area contributed by atoms with Gasteiger partial charge < -0.3 is 59.8 Å². The van der Waals surface area contributed by atoms with Crippen molar-refractivity contribution >= 4 is 11.0 Å². The molecule has 2 heterocycles. The van der Waals surface area contributed by atoms with Crippen molar-refractivity contribution in [3.05, 3.63) is 34.5 Å². The Hall–Kier alpha value is -3.75. The fourth-order valence-electron chi connectivity index (χ4n) is 3.54. The largest absolute Gasteiger partial charge is 0.507 e. The molecular weight excluding hydrogens is 460 g/mol. The molecule has 0 aliphatic carbocycles. The number of rotatable bonds is 4. The molecule has 1 aliphatic heterocycles. The monoisotopic (exact) mass is 480 g/mol. The Bertz CT molecular complexity index is 1300. The Morgan fingerprint density at radius 1 is 0.824 bits per heavy atom. The van der Waals surface area contributed by atoms with Crippen LogP contribution in [0.5, 0.6) is 34.5 Å². The fourth-order valence-corrected chi connectivity index (χ4v) is 3.54. The summed E-state index contributed by atoms with van der Waals surface area (Å²) in [5.41, 5.74) is -1.70. The molecule has 1 aliphatic rings. The standard InChI is InChI=1S/C21H20O13/c22-7-2-1-6(3-8(7)23)18-16(29)14(27)12-9(24)4-10(25)19(20(12)34-18)32-5-11-13(26)15(28)17(30)21(31)33-11/h1-4,11,13,15,17,21-26,28-31H,5H2/t11-,13-,15-,17-,21+/m0/s1. The van der Waals surface area contributed by atoms with E-state index in [-0.39, 0.29) is 5.56 Å². The molecule has 9 N–H and O–H groups in total. The SMILES string of the molecule is O=c1c(O)c(-c2ccc(O)c(O)c2)oc2c(OC[C@@H]3O[C@@H](O)[C@@H](O)[C@@H](O)[C@H]3O)c(O)cc(O)c12. The average molecular weight is 480 g/mol. The molecular formula is C21H20O13. The third-order valence-electron chi connectivity index (χ3n) is 5.37. The number of benzene rings is 2. The number of aliphatic hydroxyl groups excluding tert-OH is 4. The second kappa shape index (κ2) is 8.55. The summed E-state index contributed by atoms with van der Waals surface area (Å²) in [6.07, 6.45) is -8.49. The topological polar surface area (TPSA) is 231 Å². The number of aliphatic hydroxyl groups is 4. The summed E-state index contributed by atoms with van der Waals surface area (Å²) < 4.78 is 16.0. The van der Waals surface area contributed by atoms with Crippen LogP contribution in [0.1, 0.15) is 0 Å². The third kappa shape index (κ3) is 3.81. The van der Waals surface area contributed by atoms with Gasteiger partial charge in [0, 0.05) is 11.6 Å². The van der Waals surface area contributed by atoms with E-state index in [1.54, 1.807) is 0 Å². The van der Waals surface area contributed by atoms with Gasteiger partial charge >= 0.3 is 0 Å². The van der Waals surface area contributed by atoms with Gasteiger partial charge in [0.15, 0.2) is 34.9 Å². The maximum absolute atomic E-state index is 12.8. The minimum absolute atomic E-state index is 0.0492. The molecule has 1 aromatic heterocycles. The number of phenolic OH excluding ortho intramolecular Hbond substituents is 4. The maximum Gasteiger partial charge on any atom is 0.238 e. The van der Waals surface area contributed by atoms with Gasteiger partial charge in [0.2, 0.25) is 16.9 Å². The van der Waals surface area contributed by atoms with Gasteiger partial charge in [0.25, 0.3) is 0 Å². The van der Waals surface area contributed by atoms with Gasteiger partial charge in [0.1, 0.15) is 42.2 Å². The van der Waals surface area contributed by atoms with Crippen molar-refractivity contribution in [2.45, 2.75) is 30.7 Å². The fraction of sp³-hybridized carbons (Fsp3) is 0.286. The summed E-state index contributed by atoms with van der Waals surface area (Å²) in [5.74, 6) is -4.51. The predicted octanol–water partition coefficient (Wildman–Crippen LogP) is -0.833. The van der Waals surface area contributed by atoms with Crippen LogP contribution in [0.15, 0.2) is 33.5 Å². The van der Waals surface area contributed by atoms with Crippen LogP contribution in [-0.4, -0.2) is 83.3 Å². The number of hydrogen-bond acceptors (Lipinski definition) is 13. The lowest BCUT2D eigenvalue weighted by molar-refractivity contribution is -0.285. The van der Waals surface area contributed by atoms with E-state index in [2.05, 4.69) is 0 Å². The van der Waals surface area contributed by atoms with Crippen molar-refractivity contribution < 1.29 is 59.8 Å². The molecule has 0 radical (unpaired) electrons. The van der Waals surface area contributed by atoms with Gasteiger partial charge in [-0.05, 0) is 18.2 Å². The Balaban J connectivity index is 1.80. The zero-order valence-electron chi connectivity index (χ0n) is 17.1. The quantitative estimate of drug-likeness (QED) is 0.208. The minimum Gasteiger partial charge on any atom is -0.507 e. The molecule has 1 saturated heterocycles. The second-order valence-corrected chi connectivity index (χ2v) is 7.61. The van der Waals surface area contributed by atoms with Crippen LogP contribution >= 0.6 is 0 Å². The highest BCUT2D eigenvalue weighted by Crippen LogP contribution is 2.43. The van der Waals surface area contributed by atoms with E-state index in [1.807, 2.05) is 0 Å². The van der Waals surface area contributed by atoms with Crippen molar-refractivity contribution in [2.24, 2.45) is 0 Å². The van der Waals surface area contributed by atoms with Crippen molar-refractivity contribution in [2.75, 3.05) is 6.61 Å². The van der Waals surface area contributed by atoms with E-state index in [4.69, 9.17) is 13.9 Å². The predicted molar refractivity (Wildman–Crippen MR) is 111 cm³/mol. The lowest BCUT2D eigenvalue weighted by atomic mass is 9.99. The van der Waals surface area contributed by atoms with Crippen LogP contribution in [0.25, 0.3) is 22.3 Å². The van der Waals surface area contributed by atoms with Gasteiger partial charge in [-0.15, -0.1) is 0 Å². The molecule has 0 amide bonds. The molecule has 0 spiro atoms. The first-order chi connectivity index (χ1) is 16.0. The van der Waals surface area contributed by atoms with Gasteiger partial charge in [-0.2, -0.15) is 0 Å². The molecule has 1 fully saturated rings. The molecule has 13 heteroatoms. The zero-order valence-corrected chi connectivity index (χ0v) is 17.1. The summed E-state index contributed by atoms with van der Waals surface area (Å²) in [4.78, 5) is 12.8. The Labute approximate surface area is 189 Å². The molecule has 0 bridgehead atoms. The van der Waals surface area contributed by atoms with Gasteiger partial charge in [0.05, 0.1) is 0 Å². The molecule has 4 rings (SSSR count). The van der Waals surface area contributed by atoms with Crippen molar-refractivity contribution in [3.8, 4) is 45.8 Å². The minimum atomic E-state index is -1.85. The lowest BCUT2D eigenvalue weighted by Gasteiger charge is -2.38. The van der Waals surface area contributed by atoms with Crippen LogP contribution in [0.3, 0.4) is 0 Å². The van der Waals surface area contributed by atoms with E-state index in [9.17, 15) is 50.8 Å². The lowest BCUT2D eigenvalue weighted by Crippen LogP contribution is -2.58. The summed E-state index contributed by atoms with van der Waals surface area (Å²) in [6, 6.07) is 4.01. The Kier molecular flexibility index (Phi) is 5.89. The molecule has 0 unspecified atom stereocenters. The molecule has 34 heavy (non-hydrogen) atoms. The number of ether oxygens (including phenoxy) is 2. The van der Waals surface area contributed by atoms with E-state index in [1.165, 1.54) is 6.07 Å². The molecule has 5 atom stereocenters. The van der Waals surface area contributed by atoms with Crippen LogP contribution in [0, 0.1) is 0 Å². The highest BCUT2D eigenvalue weighted by molar-refractivity contribution is 5.93. The third-order valence-corrected chi connectivity index (χ3v) is 5.37. The van der Waals surface area contributed by atoms with Crippen molar-refractivity contribution in [1.82, 2.24) is 0 Å². The Morgan fingerprint density at radius 3 is 2.21 bits per heavy atom. The highest BCUT2D eigenvalue weighted by Gasteiger charge is 2.43. The smallest absolute Gasteiger partial charge is 0.238 e. The van der Waals surface area contributed by atoms with E-state index >= 15 is 0 Å². The van der Waals surface area contributed by atoms with Crippen molar-refractivity contribution in [3.63, 3.8) is 0 Å². The van der Waals surface area contributed by atoms with Crippen molar-refractivity contribution in [1.29, 1.82) is 0 Å². The molecule has 0 saturated carbocycles.